The van der Waals surface area contributed by atoms with Gasteiger partial charge in [0.15, 0.2) is 11.2 Å². The molecule has 0 amide bonds. The number of aromatic amines is 1. The van der Waals surface area contributed by atoms with E-state index in [4.69, 9.17) is 34.8 Å². The smallest absolute Gasteiger partial charge is 0.394 e. The molecule has 0 aliphatic rings. The molecule has 13 nitrogen and oxygen atoms in total. The molecule has 0 aliphatic carbocycles. The number of phosphoric acid groups is 1. The minimum atomic E-state index is -4.64. The van der Waals surface area contributed by atoms with Crippen LogP contribution in [0.2, 0.25) is 0 Å². The monoisotopic (exact) mass is 340 g/mol. The van der Waals surface area contributed by atoms with E-state index in [2.05, 4.69) is 15.0 Å². The number of hydrogen-bond donors (Lipinski definition) is 7. The van der Waals surface area contributed by atoms with Crippen LogP contribution >= 0.6 is 7.82 Å². The molecule has 126 valence electrons. The maximum atomic E-state index is 11.4. The van der Waals surface area contributed by atoms with Crippen molar-refractivity contribution in [2.75, 3.05) is 18.9 Å². The van der Waals surface area contributed by atoms with Crippen LogP contribution in [0.4, 0.5) is 5.95 Å². The quantitative estimate of drug-likeness (QED) is 0.235. The number of fused-ring (bicyclic) bond motifs is 1. The van der Waals surface area contributed by atoms with Gasteiger partial charge in [-0.3, -0.25) is 14.3 Å². The zero-order valence-corrected chi connectivity index (χ0v) is 12.2. The van der Waals surface area contributed by atoms with Gasteiger partial charge in [-0.25, -0.2) is 9.55 Å². The fourth-order valence-electron chi connectivity index (χ4n) is 1.29. The summed E-state index contributed by atoms with van der Waals surface area (Å²) in [6, 6.07) is 0. The molecule has 2 aromatic heterocycles. The summed E-state index contributed by atoms with van der Waals surface area (Å²) in [6.07, 6.45) is 1.43. The van der Waals surface area contributed by atoms with Crippen LogP contribution in [0.3, 0.4) is 0 Å². The Bertz CT molecular complexity index is 686. The molecular weight excluding hydrogens is 323 g/mol. The van der Waals surface area contributed by atoms with E-state index in [9.17, 15) is 4.79 Å². The Kier molecular flexibility index (Phi) is 7.83. The first kappa shape index (κ1) is 20.1. The minimum Gasteiger partial charge on any atom is -0.394 e. The van der Waals surface area contributed by atoms with Gasteiger partial charge in [0.05, 0.1) is 19.5 Å². The van der Waals surface area contributed by atoms with Crippen LogP contribution in [-0.2, 0) is 16.0 Å². The first-order chi connectivity index (χ1) is 9.72. The van der Waals surface area contributed by atoms with E-state index in [-0.39, 0.29) is 43.1 Å². The SMILES string of the molecule is N.Nc1nc2c(ncn2COCCO)c(=O)[nH]1.O=P(O)(O)O. The van der Waals surface area contributed by atoms with Gasteiger partial charge in [0, 0.05) is 0 Å². The average Bonchev–Trinajstić information content (AvgIpc) is 2.71. The Morgan fingerprint density at radius 2 is 2.00 bits per heavy atom. The second-order valence-electron chi connectivity index (χ2n) is 3.61. The number of rotatable bonds is 4. The van der Waals surface area contributed by atoms with Gasteiger partial charge in [-0.1, -0.05) is 0 Å². The molecule has 0 aliphatic heterocycles. The predicted molar refractivity (Wildman–Crippen MR) is 74.9 cm³/mol. The van der Waals surface area contributed by atoms with Crippen molar-refractivity contribution in [2.45, 2.75) is 6.73 Å². The number of ether oxygens (including phenoxy) is 1. The van der Waals surface area contributed by atoms with Crippen LogP contribution in [0.1, 0.15) is 0 Å². The van der Waals surface area contributed by atoms with Gasteiger partial charge in [0.25, 0.3) is 5.56 Å². The molecule has 0 atom stereocenters. The first-order valence-corrected chi connectivity index (χ1v) is 6.96. The summed E-state index contributed by atoms with van der Waals surface area (Å²) >= 11 is 0. The van der Waals surface area contributed by atoms with Gasteiger partial charge in [0.2, 0.25) is 5.95 Å². The Hall–Kier alpha value is -1.86. The van der Waals surface area contributed by atoms with Crippen LogP contribution in [0.5, 0.6) is 0 Å². The van der Waals surface area contributed by atoms with E-state index in [0.717, 1.165) is 0 Å². The average molecular weight is 340 g/mol. The van der Waals surface area contributed by atoms with Crippen molar-refractivity contribution in [3.8, 4) is 0 Å². The van der Waals surface area contributed by atoms with E-state index in [1.54, 1.807) is 0 Å². The third kappa shape index (κ3) is 6.73. The number of nitrogen functional groups attached to an aromatic ring is 1. The van der Waals surface area contributed by atoms with Crippen molar-refractivity contribution < 1.29 is 29.1 Å². The van der Waals surface area contributed by atoms with Crippen LogP contribution in [0, 0.1) is 0 Å². The summed E-state index contributed by atoms with van der Waals surface area (Å²) < 4.78 is 15.5. The number of anilines is 1. The molecule has 10 N–H and O–H groups in total. The number of aliphatic hydroxyl groups excluding tert-OH is 1. The van der Waals surface area contributed by atoms with Gasteiger partial charge < -0.3 is 36.4 Å². The fourth-order valence-corrected chi connectivity index (χ4v) is 1.29. The van der Waals surface area contributed by atoms with Gasteiger partial charge in [0.1, 0.15) is 6.73 Å². The lowest BCUT2D eigenvalue weighted by Gasteiger charge is -2.03. The maximum Gasteiger partial charge on any atom is 0.466 e. The minimum absolute atomic E-state index is 0. The van der Waals surface area contributed by atoms with Crippen LogP contribution in [-0.4, -0.2) is 52.5 Å². The Morgan fingerprint density at radius 3 is 2.55 bits per heavy atom. The second-order valence-corrected chi connectivity index (χ2v) is 4.64. The molecule has 2 rings (SSSR count). The number of aromatic nitrogens is 4. The summed E-state index contributed by atoms with van der Waals surface area (Å²) in [7, 11) is -4.64. The molecule has 0 spiro atoms. The lowest BCUT2D eigenvalue weighted by Crippen LogP contribution is -2.13. The molecule has 14 heteroatoms. The number of H-pyrrole nitrogens is 1. The molecule has 0 bridgehead atoms. The van der Waals surface area contributed by atoms with E-state index >= 15 is 0 Å². The lowest BCUT2D eigenvalue weighted by atomic mass is 10.5. The standard InChI is InChI=1S/C8H11N5O3.H3N.H3O4P/c9-8-11-6-5(7(15)12-8)10-3-13(6)4-16-2-1-14;;1-5(2,3)4/h3,14H,1-2,4H2,(H3,9,11,12,15);1H3;(H3,1,2,3,4). The Morgan fingerprint density at radius 1 is 1.41 bits per heavy atom. The summed E-state index contributed by atoms with van der Waals surface area (Å²) in [6.45, 7) is 0.300. The van der Waals surface area contributed by atoms with Crippen molar-refractivity contribution in [3.63, 3.8) is 0 Å². The Labute approximate surface area is 123 Å². The zero-order valence-electron chi connectivity index (χ0n) is 11.3. The fraction of sp³-hybridized carbons (Fsp3) is 0.375. The summed E-state index contributed by atoms with van der Waals surface area (Å²) in [5.74, 6) is 0.0291. The number of aliphatic hydroxyl groups is 1. The normalized spacial score (nSPS) is 10.7. The lowest BCUT2D eigenvalue weighted by molar-refractivity contribution is 0.0499. The van der Waals surface area contributed by atoms with Crippen LogP contribution in [0.25, 0.3) is 11.2 Å². The number of nitrogens with zero attached hydrogens (tertiary/aromatic N) is 3. The van der Waals surface area contributed by atoms with Crippen molar-refractivity contribution in [1.82, 2.24) is 25.7 Å². The largest absolute Gasteiger partial charge is 0.466 e. The van der Waals surface area contributed by atoms with Gasteiger partial charge >= 0.3 is 7.82 Å². The zero-order chi connectivity index (χ0) is 16.0. The molecule has 0 saturated carbocycles. The van der Waals surface area contributed by atoms with Crippen molar-refractivity contribution in [3.05, 3.63) is 16.7 Å². The number of nitrogens with two attached hydrogens (primary N) is 1. The molecule has 2 aromatic rings. The maximum absolute atomic E-state index is 11.4. The van der Waals surface area contributed by atoms with Gasteiger partial charge in [-0.05, 0) is 0 Å². The number of imidazole rings is 1. The van der Waals surface area contributed by atoms with E-state index < -0.39 is 7.82 Å². The molecule has 0 saturated heterocycles. The Balaban J connectivity index is 0.000000644. The molecule has 0 unspecified atom stereocenters. The van der Waals surface area contributed by atoms with E-state index in [0.29, 0.717) is 5.65 Å². The predicted octanol–water partition coefficient (Wildman–Crippen LogP) is -2.10. The second kappa shape index (κ2) is 8.55. The highest BCUT2D eigenvalue weighted by molar-refractivity contribution is 7.45. The summed E-state index contributed by atoms with van der Waals surface area (Å²) in [5.41, 5.74) is 5.60. The highest BCUT2D eigenvalue weighted by atomic mass is 31.2. The highest BCUT2D eigenvalue weighted by Crippen LogP contribution is 2.25. The van der Waals surface area contributed by atoms with Gasteiger partial charge in [-0.15, -0.1) is 0 Å². The molecule has 0 radical (unpaired) electrons. The molecule has 0 aromatic carbocycles. The molecule has 22 heavy (non-hydrogen) atoms. The molecular formula is C8H17N6O7P. The molecule has 0 fully saturated rings. The van der Waals surface area contributed by atoms with E-state index in [1.807, 2.05) is 0 Å². The molecule has 2 heterocycles. The number of hydrogen-bond acceptors (Lipinski definition) is 8. The van der Waals surface area contributed by atoms with Crippen molar-refractivity contribution in [1.29, 1.82) is 0 Å². The highest BCUT2D eigenvalue weighted by Gasteiger charge is 2.08. The van der Waals surface area contributed by atoms with Crippen molar-refractivity contribution >= 4 is 24.9 Å². The van der Waals surface area contributed by atoms with E-state index in [1.165, 1.54) is 10.9 Å². The summed E-state index contributed by atoms with van der Waals surface area (Å²) in [5, 5.41) is 8.56. The number of nitrogens with one attached hydrogen (secondary N) is 1. The third-order valence-electron chi connectivity index (χ3n) is 1.96. The first-order valence-electron chi connectivity index (χ1n) is 5.40. The van der Waals surface area contributed by atoms with Crippen LogP contribution in [0.15, 0.2) is 11.1 Å². The summed E-state index contributed by atoms with van der Waals surface area (Å²) in [4.78, 5) is 43.2. The third-order valence-corrected chi connectivity index (χ3v) is 1.96. The van der Waals surface area contributed by atoms with Gasteiger partial charge in [-0.2, -0.15) is 4.98 Å². The topological polar surface area (TPSA) is 232 Å². The van der Waals surface area contributed by atoms with Crippen LogP contribution < -0.4 is 17.4 Å². The van der Waals surface area contributed by atoms with Crippen molar-refractivity contribution in [2.24, 2.45) is 0 Å².